The number of phenols is 2. The molecule has 132 valence electrons. The van der Waals surface area contributed by atoms with E-state index in [0.717, 1.165) is 0 Å². The summed E-state index contributed by atoms with van der Waals surface area (Å²) in [6.07, 6.45) is 0. The molecule has 0 unspecified atom stereocenters. The molecule has 0 aliphatic carbocycles. The lowest BCUT2D eigenvalue weighted by molar-refractivity contribution is -0.385. The highest BCUT2D eigenvalue weighted by Crippen LogP contribution is 2.32. The molecule has 0 fully saturated rings. The van der Waals surface area contributed by atoms with Crippen LogP contribution in [0.2, 0.25) is 0 Å². The van der Waals surface area contributed by atoms with Crippen LogP contribution in [-0.2, 0) is 16.1 Å². The molecule has 0 aromatic heterocycles. The molecule has 0 aliphatic heterocycles. The van der Waals surface area contributed by atoms with E-state index in [1.54, 1.807) is 20.8 Å². The quantitative estimate of drug-likeness (QED) is 0.247. The molecule has 3 N–H and O–H groups in total. The first kappa shape index (κ1) is 18.7. The van der Waals surface area contributed by atoms with Crippen molar-refractivity contribution in [2.75, 3.05) is 0 Å². The van der Waals surface area contributed by atoms with Crippen LogP contribution in [0.3, 0.4) is 0 Å². The molecule has 0 bridgehead atoms. The van der Waals surface area contributed by atoms with Crippen molar-refractivity contribution in [1.29, 1.82) is 0 Å². The molecule has 2 rings (SSSR count). The molecule has 0 amide bonds. The van der Waals surface area contributed by atoms with Crippen molar-refractivity contribution in [3.63, 3.8) is 0 Å². The van der Waals surface area contributed by atoms with Gasteiger partial charge in [0, 0.05) is 11.3 Å². The number of phenolic OH excluding ortho intramolecular Hbond substituents is 2. The number of carbonyl (C=O) groups is 1. The Morgan fingerprint density at radius 3 is 2.44 bits per heavy atom. The highest BCUT2D eigenvalue weighted by Gasteiger charge is 2.25. The van der Waals surface area contributed by atoms with E-state index < -0.39 is 37.6 Å². The van der Waals surface area contributed by atoms with E-state index in [4.69, 9.17) is 4.74 Å². The van der Waals surface area contributed by atoms with Gasteiger partial charge in [0.2, 0.25) is 0 Å². The molecule has 0 atom stereocenters. The molecular formula is C16H17NO7Si. The van der Waals surface area contributed by atoms with Gasteiger partial charge in [-0.3, -0.25) is 14.9 Å². The summed E-state index contributed by atoms with van der Waals surface area (Å²) in [6, 6.07) is 3.81. The van der Waals surface area contributed by atoms with Crippen molar-refractivity contribution in [2.45, 2.75) is 27.4 Å². The van der Waals surface area contributed by atoms with Gasteiger partial charge in [0.15, 0.2) is 11.5 Å². The molecule has 0 spiro atoms. The number of nitro benzene ring substituents is 1. The average Bonchev–Trinajstić information content (AvgIpc) is 2.52. The summed E-state index contributed by atoms with van der Waals surface area (Å²) >= 11 is 0. The predicted octanol–water partition coefficient (Wildman–Crippen LogP) is 1.49. The van der Waals surface area contributed by atoms with Crippen LogP contribution < -0.4 is 5.19 Å². The van der Waals surface area contributed by atoms with Crippen LogP contribution in [0.4, 0.5) is 5.69 Å². The maximum atomic E-state index is 11.9. The Bertz CT molecular complexity index is 858. The number of esters is 1. The number of rotatable bonds is 4. The highest BCUT2D eigenvalue weighted by atomic mass is 28.2. The van der Waals surface area contributed by atoms with Crippen molar-refractivity contribution in [1.82, 2.24) is 0 Å². The molecule has 25 heavy (non-hydrogen) atoms. The fourth-order valence-corrected chi connectivity index (χ4v) is 2.79. The monoisotopic (exact) mass is 363 g/mol. The standard InChI is InChI=1S/C16H17NO7Si/c1-16(2,3)15(20)24-7-9-4-8-5-12(18)13(19)14(25-23)10(8)6-11(9)17(21)22/h4-6,18-19,23H,7H2,1-3H3. The van der Waals surface area contributed by atoms with E-state index in [2.05, 4.69) is 0 Å². The Morgan fingerprint density at radius 2 is 1.92 bits per heavy atom. The number of carbonyl (C=O) groups excluding carboxylic acids is 1. The largest absolute Gasteiger partial charge is 0.504 e. The van der Waals surface area contributed by atoms with E-state index in [-0.39, 0.29) is 28.4 Å². The third kappa shape index (κ3) is 3.72. The van der Waals surface area contributed by atoms with Crippen LogP contribution in [0.5, 0.6) is 11.5 Å². The molecule has 0 saturated heterocycles. The molecular weight excluding hydrogens is 346 g/mol. The average molecular weight is 363 g/mol. The summed E-state index contributed by atoms with van der Waals surface area (Å²) in [4.78, 5) is 32.0. The van der Waals surface area contributed by atoms with Crippen molar-refractivity contribution in [2.24, 2.45) is 5.41 Å². The second kappa shape index (κ2) is 6.69. The number of fused-ring (bicyclic) bond motifs is 1. The van der Waals surface area contributed by atoms with E-state index in [9.17, 15) is 29.9 Å². The van der Waals surface area contributed by atoms with Gasteiger partial charge in [-0.25, -0.2) is 0 Å². The van der Waals surface area contributed by atoms with Gasteiger partial charge < -0.3 is 19.7 Å². The molecule has 2 aromatic carbocycles. The second-order valence-corrected chi connectivity index (χ2v) is 7.24. The number of hydrogen-bond acceptors (Lipinski definition) is 7. The van der Waals surface area contributed by atoms with Gasteiger partial charge in [-0.05, 0) is 43.7 Å². The fourth-order valence-electron chi connectivity index (χ4n) is 2.22. The number of aromatic hydroxyl groups is 2. The van der Waals surface area contributed by atoms with Gasteiger partial charge in [0.1, 0.15) is 6.61 Å². The van der Waals surface area contributed by atoms with E-state index in [1.807, 2.05) is 0 Å². The lowest BCUT2D eigenvalue weighted by Gasteiger charge is -2.17. The highest BCUT2D eigenvalue weighted by molar-refractivity contribution is 6.52. The summed E-state index contributed by atoms with van der Waals surface area (Å²) in [7, 11) is -0.863. The number of nitro groups is 1. The molecule has 0 saturated carbocycles. The molecule has 2 radical (unpaired) electrons. The first-order valence-corrected chi connectivity index (χ1v) is 8.24. The molecule has 8 nitrogen and oxygen atoms in total. The first-order valence-electron chi connectivity index (χ1n) is 7.29. The Labute approximate surface area is 145 Å². The fraction of sp³-hybridized carbons (Fsp3) is 0.312. The topological polar surface area (TPSA) is 130 Å². The summed E-state index contributed by atoms with van der Waals surface area (Å²) in [5.74, 6) is -1.47. The molecule has 0 heterocycles. The van der Waals surface area contributed by atoms with Gasteiger partial charge in [0.25, 0.3) is 15.5 Å². The predicted molar refractivity (Wildman–Crippen MR) is 90.8 cm³/mol. The third-order valence-corrected chi connectivity index (χ3v) is 4.30. The normalized spacial score (nSPS) is 11.5. The summed E-state index contributed by atoms with van der Waals surface area (Å²) in [6.45, 7) is 4.69. The van der Waals surface area contributed by atoms with E-state index in [1.165, 1.54) is 18.2 Å². The smallest absolute Gasteiger partial charge is 0.311 e. The van der Waals surface area contributed by atoms with Gasteiger partial charge in [-0.1, -0.05) is 0 Å². The SMILES string of the molecule is CC(C)(C)C(=O)OCc1cc2cc(O)c(O)c([Si]O)c2cc1[N+](=O)[O-]. The van der Waals surface area contributed by atoms with Gasteiger partial charge in [0.05, 0.1) is 15.9 Å². The van der Waals surface area contributed by atoms with Gasteiger partial charge >= 0.3 is 5.97 Å². The van der Waals surface area contributed by atoms with E-state index in [0.29, 0.717) is 5.39 Å². The Balaban J connectivity index is 2.57. The van der Waals surface area contributed by atoms with Crippen LogP contribution in [0.15, 0.2) is 18.2 Å². The zero-order valence-corrected chi connectivity index (χ0v) is 14.9. The van der Waals surface area contributed by atoms with E-state index >= 15 is 0 Å². The third-order valence-electron chi connectivity index (χ3n) is 3.57. The summed E-state index contributed by atoms with van der Waals surface area (Å²) in [5, 5.41) is 31.5. The minimum Gasteiger partial charge on any atom is -0.504 e. The van der Waals surface area contributed by atoms with Crippen LogP contribution in [0.25, 0.3) is 10.8 Å². The summed E-state index contributed by atoms with van der Waals surface area (Å²) in [5.41, 5.74) is -0.910. The molecule has 2 aromatic rings. The van der Waals surface area contributed by atoms with Gasteiger partial charge in [-0.15, -0.1) is 0 Å². The number of nitrogens with zero attached hydrogens (tertiary/aromatic N) is 1. The maximum Gasteiger partial charge on any atom is 0.311 e. The van der Waals surface area contributed by atoms with Gasteiger partial charge in [-0.2, -0.15) is 0 Å². The molecule has 0 aliphatic rings. The number of benzene rings is 2. The van der Waals surface area contributed by atoms with Crippen molar-refractivity contribution in [3.8, 4) is 11.5 Å². The Kier molecular flexibility index (Phi) is 5.00. The maximum absolute atomic E-state index is 11.9. The first-order chi connectivity index (χ1) is 11.6. The Morgan fingerprint density at radius 1 is 1.28 bits per heavy atom. The van der Waals surface area contributed by atoms with Crippen LogP contribution in [0, 0.1) is 15.5 Å². The van der Waals surface area contributed by atoms with Crippen LogP contribution in [-0.4, -0.2) is 35.7 Å². The zero-order chi connectivity index (χ0) is 18.9. The van der Waals surface area contributed by atoms with Crippen LogP contribution >= 0.6 is 0 Å². The lowest BCUT2D eigenvalue weighted by Crippen LogP contribution is -2.23. The Hall–Kier alpha value is -2.65. The zero-order valence-electron chi connectivity index (χ0n) is 13.9. The summed E-state index contributed by atoms with van der Waals surface area (Å²) < 4.78 is 5.14. The number of ether oxygens (including phenoxy) is 1. The lowest BCUT2D eigenvalue weighted by atomic mass is 9.97. The molecule has 9 heteroatoms. The second-order valence-electron chi connectivity index (χ2n) is 6.52. The minimum atomic E-state index is -0.863. The van der Waals surface area contributed by atoms with Crippen molar-refractivity contribution in [3.05, 3.63) is 33.9 Å². The van der Waals surface area contributed by atoms with Crippen molar-refractivity contribution >= 4 is 37.4 Å². The number of hydrogen-bond donors (Lipinski definition) is 3. The van der Waals surface area contributed by atoms with Crippen LogP contribution in [0.1, 0.15) is 26.3 Å². The minimum absolute atomic E-state index is 0.0105. The van der Waals surface area contributed by atoms with Crippen molar-refractivity contribution < 1.29 is 29.5 Å².